The van der Waals surface area contributed by atoms with E-state index in [0.717, 1.165) is 28.9 Å². The van der Waals surface area contributed by atoms with Crippen molar-refractivity contribution < 1.29 is 14.2 Å². The molecule has 7 heteroatoms. The Labute approximate surface area is 155 Å². The fourth-order valence-electron chi connectivity index (χ4n) is 4.16. The van der Waals surface area contributed by atoms with Crippen LogP contribution in [-0.4, -0.2) is 36.9 Å². The van der Waals surface area contributed by atoms with E-state index in [1.54, 1.807) is 12.4 Å². The first kappa shape index (κ1) is 15.9. The van der Waals surface area contributed by atoms with E-state index in [0.29, 0.717) is 24.8 Å². The van der Waals surface area contributed by atoms with Crippen molar-refractivity contribution in [2.45, 2.75) is 18.1 Å². The number of aromatic nitrogens is 1. The molecule has 2 N–H and O–H groups in total. The Morgan fingerprint density at radius 1 is 1.19 bits per heavy atom. The van der Waals surface area contributed by atoms with Gasteiger partial charge in [0.1, 0.15) is 24.0 Å². The van der Waals surface area contributed by atoms with Gasteiger partial charge in [0.05, 0.1) is 24.2 Å². The number of nitrogens with two attached hydrogens (primary N) is 1. The van der Waals surface area contributed by atoms with Crippen LogP contribution in [0.15, 0.2) is 41.7 Å². The van der Waals surface area contributed by atoms with E-state index >= 15 is 0 Å². The molecule has 5 rings (SSSR count). The second kappa shape index (κ2) is 5.86. The summed E-state index contributed by atoms with van der Waals surface area (Å²) < 4.78 is 17.6. The maximum Gasteiger partial charge on any atom is 0.283 e. The van der Waals surface area contributed by atoms with Crippen molar-refractivity contribution in [3.05, 3.63) is 47.2 Å². The number of hydrogen-bond donors (Lipinski definition) is 1. The molecule has 6 nitrogen and oxygen atoms in total. The standard InChI is InChI=1S/C19H18ClN3O3/c20-13-5-12(7-22-8-13)11-1-2-16-14(6-11)19(10-25-18(21)23-19)15-9-24-4-3-17(15)26-16/h1-2,5-8,15,17H,3-4,9-10H2,(H2,21,23)/t15-,17+,19+/m1/s1. The van der Waals surface area contributed by atoms with Gasteiger partial charge in [-0.3, -0.25) is 4.98 Å². The molecule has 1 aromatic heterocycles. The topological polar surface area (TPSA) is 79.0 Å². The third-order valence-corrected chi connectivity index (χ3v) is 5.63. The van der Waals surface area contributed by atoms with Gasteiger partial charge in [-0.2, -0.15) is 0 Å². The summed E-state index contributed by atoms with van der Waals surface area (Å²) in [6, 6.07) is 8.20. The van der Waals surface area contributed by atoms with E-state index in [-0.39, 0.29) is 18.0 Å². The fraction of sp³-hybridized carbons (Fsp3) is 0.368. The molecule has 2 aromatic rings. The Morgan fingerprint density at radius 2 is 2.12 bits per heavy atom. The Bertz CT molecular complexity index is 903. The van der Waals surface area contributed by atoms with Gasteiger partial charge in [-0.15, -0.1) is 0 Å². The van der Waals surface area contributed by atoms with Crippen LogP contribution in [0.4, 0.5) is 0 Å². The maximum absolute atomic E-state index is 6.29. The van der Waals surface area contributed by atoms with Gasteiger partial charge in [0.15, 0.2) is 0 Å². The van der Waals surface area contributed by atoms with Gasteiger partial charge in [0.25, 0.3) is 6.02 Å². The van der Waals surface area contributed by atoms with Crippen LogP contribution in [0.25, 0.3) is 11.1 Å². The Balaban J connectivity index is 1.67. The van der Waals surface area contributed by atoms with Crippen molar-refractivity contribution in [2.24, 2.45) is 16.6 Å². The molecule has 1 spiro atoms. The first-order valence-corrected chi connectivity index (χ1v) is 9.01. The van der Waals surface area contributed by atoms with Crippen LogP contribution in [0.3, 0.4) is 0 Å². The molecule has 0 bridgehead atoms. The molecule has 1 saturated heterocycles. The number of rotatable bonds is 1. The number of amidine groups is 1. The predicted molar refractivity (Wildman–Crippen MR) is 97.3 cm³/mol. The lowest BCUT2D eigenvalue weighted by Gasteiger charge is -2.45. The summed E-state index contributed by atoms with van der Waals surface area (Å²) in [6.45, 7) is 1.67. The van der Waals surface area contributed by atoms with Gasteiger partial charge in [-0.25, -0.2) is 4.99 Å². The van der Waals surface area contributed by atoms with Crippen LogP contribution in [0, 0.1) is 5.92 Å². The zero-order chi connectivity index (χ0) is 17.7. The SMILES string of the molecule is NC1=N[C@@]2(CO1)c1cc(-c3cncc(Cl)c3)ccc1O[C@H]1CCOC[C@H]12. The van der Waals surface area contributed by atoms with Crippen LogP contribution in [-0.2, 0) is 15.0 Å². The highest BCUT2D eigenvalue weighted by molar-refractivity contribution is 6.30. The lowest BCUT2D eigenvalue weighted by molar-refractivity contribution is -0.0726. The number of pyridine rings is 1. The lowest BCUT2D eigenvalue weighted by atomic mass is 9.72. The van der Waals surface area contributed by atoms with Crippen LogP contribution in [0.1, 0.15) is 12.0 Å². The first-order valence-electron chi connectivity index (χ1n) is 8.64. The fourth-order valence-corrected chi connectivity index (χ4v) is 4.33. The van der Waals surface area contributed by atoms with E-state index in [1.165, 1.54) is 0 Å². The Kier molecular flexibility index (Phi) is 3.58. The van der Waals surface area contributed by atoms with E-state index in [9.17, 15) is 0 Å². The summed E-state index contributed by atoms with van der Waals surface area (Å²) >= 11 is 6.11. The van der Waals surface area contributed by atoms with Gasteiger partial charge in [0, 0.05) is 29.9 Å². The number of aliphatic imine (C=N–C) groups is 1. The van der Waals surface area contributed by atoms with Gasteiger partial charge >= 0.3 is 0 Å². The van der Waals surface area contributed by atoms with Gasteiger partial charge in [-0.05, 0) is 23.8 Å². The number of halogens is 1. The van der Waals surface area contributed by atoms with Crippen molar-refractivity contribution in [2.75, 3.05) is 19.8 Å². The van der Waals surface area contributed by atoms with Crippen molar-refractivity contribution in [1.29, 1.82) is 0 Å². The van der Waals surface area contributed by atoms with Crippen LogP contribution < -0.4 is 10.5 Å². The average Bonchev–Trinajstić information content (AvgIpc) is 3.04. The highest BCUT2D eigenvalue weighted by Gasteiger charge is 2.54. The molecule has 0 amide bonds. The Morgan fingerprint density at radius 3 is 2.92 bits per heavy atom. The molecule has 3 aliphatic rings. The zero-order valence-electron chi connectivity index (χ0n) is 14.0. The molecular weight excluding hydrogens is 354 g/mol. The molecule has 0 unspecified atom stereocenters. The van der Waals surface area contributed by atoms with Gasteiger partial charge in [-0.1, -0.05) is 17.7 Å². The molecule has 0 radical (unpaired) electrons. The molecule has 26 heavy (non-hydrogen) atoms. The van der Waals surface area contributed by atoms with Crippen molar-refractivity contribution in [3.8, 4) is 16.9 Å². The minimum Gasteiger partial charge on any atom is -0.489 e. The van der Waals surface area contributed by atoms with Crippen LogP contribution in [0.2, 0.25) is 5.02 Å². The van der Waals surface area contributed by atoms with E-state index in [1.807, 2.05) is 18.2 Å². The van der Waals surface area contributed by atoms with E-state index in [4.69, 9.17) is 36.5 Å². The summed E-state index contributed by atoms with van der Waals surface area (Å²) in [5.41, 5.74) is 8.24. The van der Waals surface area contributed by atoms with Crippen molar-refractivity contribution >= 4 is 17.6 Å². The number of ether oxygens (including phenoxy) is 3. The number of nitrogens with zero attached hydrogens (tertiary/aromatic N) is 2. The maximum atomic E-state index is 6.29. The Hall–Kier alpha value is -2.31. The summed E-state index contributed by atoms with van der Waals surface area (Å²) in [5, 5.41) is 0.596. The first-order chi connectivity index (χ1) is 12.7. The highest BCUT2D eigenvalue weighted by Crippen LogP contribution is 2.50. The lowest BCUT2D eigenvalue weighted by Crippen LogP contribution is -2.52. The molecule has 0 saturated carbocycles. The van der Waals surface area contributed by atoms with E-state index < -0.39 is 5.54 Å². The smallest absolute Gasteiger partial charge is 0.283 e. The molecule has 1 aromatic carbocycles. The van der Waals surface area contributed by atoms with Crippen LogP contribution in [0.5, 0.6) is 5.75 Å². The molecule has 4 heterocycles. The quantitative estimate of drug-likeness (QED) is 0.833. The third kappa shape index (κ3) is 2.36. The second-order valence-corrected chi connectivity index (χ2v) is 7.33. The second-order valence-electron chi connectivity index (χ2n) is 6.89. The summed E-state index contributed by atoms with van der Waals surface area (Å²) in [6.07, 6.45) is 4.29. The monoisotopic (exact) mass is 371 g/mol. The molecular formula is C19H18ClN3O3. The number of hydrogen-bond acceptors (Lipinski definition) is 6. The third-order valence-electron chi connectivity index (χ3n) is 5.42. The highest BCUT2D eigenvalue weighted by atomic mass is 35.5. The normalized spacial score (nSPS) is 29.3. The molecule has 134 valence electrons. The van der Waals surface area contributed by atoms with Crippen molar-refractivity contribution in [1.82, 2.24) is 4.98 Å². The molecule has 3 atom stereocenters. The summed E-state index contributed by atoms with van der Waals surface area (Å²) in [4.78, 5) is 8.91. The van der Waals surface area contributed by atoms with E-state index in [2.05, 4.69) is 11.1 Å². The minimum atomic E-state index is -0.579. The average molecular weight is 372 g/mol. The number of fused-ring (bicyclic) bond motifs is 4. The summed E-state index contributed by atoms with van der Waals surface area (Å²) in [7, 11) is 0. The van der Waals surface area contributed by atoms with Gasteiger partial charge in [0.2, 0.25) is 0 Å². The molecule has 1 fully saturated rings. The largest absolute Gasteiger partial charge is 0.489 e. The molecule has 0 aliphatic carbocycles. The zero-order valence-corrected chi connectivity index (χ0v) is 14.8. The van der Waals surface area contributed by atoms with Gasteiger partial charge < -0.3 is 19.9 Å². The van der Waals surface area contributed by atoms with Crippen molar-refractivity contribution in [3.63, 3.8) is 0 Å². The van der Waals surface area contributed by atoms with Crippen LogP contribution >= 0.6 is 11.6 Å². The summed E-state index contributed by atoms with van der Waals surface area (Å²) in [5.74, 6) is 0.895. The molecule has 3 aliphatic heterocycles. The minimum absolute atomic E-state index is 0.0492. The predicted octanol–water partition coefficient (Wildman–Crippen LogP) is 2.74. The number of benzene rings is 1.